The van der Waals surface area contributed by atoms with Gasteiger partial charge in [-0.2, -0.15) is 0 Å². The summed E-state index contributed by atoms with van der Waals surface area (Å²) in [7, 11) is 1.62. The van der Waals surface area contributed by atoms with Gasteiger partial charge in [0.2, 0.25) is 0 Å². The van der Waals surface area contributed by atoms with E-state index in [1.54, 1.807) is 13.3 Å². The first-order valence-corrected chi connectivity index (χ1v) is 8.49. The number of rotatable bonds is 4. The van der Waals surface area contributed by atoms with Crippen molar-refractivity contribution in [2.24, 2.45) is 5.92 Å². The monoisotopic (exact) mass is 328 g/mol. The van der Waals surface area contributed by atoms with E-state index < -0.39 is 0 Å². The van der Waals surface area contributed by atoms with Crippen LogP contribution in [0.4, 0.5) is 0 Å². The molecule has 24 heavy (non-hydrogen) atoms. The lowest BCUT2D eigenvalue weighted by atomic mass is 9.83. The Bertz CT molecular complexity index is 730. The minimum Gasteiger partial charge on any atom is -0.497 e. The number of pyridine rings is 1. The van der Waals surface area contributed by atoms with Gasteiger partial charge in [0.05, 0.1) is 24.3 Å². The number of hydrogen-bond acceptors (Lipinski definition) is 4. The fourth-order valence-corrected chi connectivity index (χ4v) is 3.42. The number of nitrogens with one attached hydrogen (secondary N) is 1. The third-order valence-corrected chi connectivity index (χ3v) is 4.89. The number of benzene rings is 1. The molecule has 0 radical (unpaired) electrons. The molecule has 0 saturated heterocycles. The second kappa shape index (κ2) is 7.18. The van der Waals surface area contributed by atoms with Crippen molar-refractivity contribution in [2.45, 2.75) is 44.8 Å². The van der Waals surface area contributed by atoms with Crippen molar-refractivity contribution in [2.75, 3.05) is 7.11 Å². The van der Waals surface area contributed by atoms with Gasteiger partial charge in [0, 0.05) is 23.7 Å². The highest BCUT2D eigenvalue weighted by molar-refractivity contribution is 5.97. The Labute approximate surface area is 142 Å². The summed E-state index contributed by atoms with van der Waals surface area (Å²) in [5.74, 6) is 0.918. The molecule has 1 aromatic carbocycles. The molecule has 1 amide bonds. The molecule has 0 aliphatic heterocycles. The first-order valence-electron chi connectivity index (χ1n) is 8.49. The van der Waals surface area contributed by atoms with Crippen LogP contribution in [0.25, 0.3) is 10.9 Å². The number of ether oxygens (including phenoxy) is 1. The number of aliphatic hydroxyl groups excluding tert-OH is 1. The van der Waals surface area contributed by atoms with Gasteiger partial charge in [-0.1, -0.05) is 6.42 Å². The zero-order chi connectivity index (χ0) is 17.1. The van der Waals surface area contributed by atoms with E-state index in [1.807, 2.05) is 31.2 Å². The Morgan fingerprint density at radius 2 is 2.21 bits per heavy atom. The highest BCUT2D eigenvalue weighted by Crippen LogP contribution is 2.27. The highest BCUT2D eigenvalue weighted by atomic mass is 16.5. The number of nitrogens with zero attached hydrogens (tertiary/aromatic N) is 1. The van der Waals surface area contributed by atoms with Gasteiger partial charge in [-0.05, 0) is 50.3 Å². The van der Waals surface area contributed by atoms with Gasteiger partial charge in [0.15, 0.2) is 0 Å². The predicted octanol–water partition coefficient (Wildman–Crippen LogP) is 2.91. The number of aliphatic hydroxyl groups is 1. The SMILES string of the molecule is COc1ccc2cc(C(=O)N[C@H]3CCCC(C(C)O)C3)cnc2c1. The van der Waals surface area contributed by atoms with E-state index in [-0.39, 0.29) is 24.0 Å². The first-order chi connectivity index (χ1) is 11.6. The normalized spacial score (nSPS) is 22.1. The summed E-state index contributed by atoms with van der Waals surface area (Å²) in [6.07, 6.45) is 5.16. The summed E-state index contributed by atoms with van der Waals surface area (Å²) in [5, 5.41) is 13.8. The third kappa shape index (κ3) is 3.67. The molecule has 1 fully saturated rings. The molecule has 3 rings (SSSR count). The Kier molecular flexibility index (Phi) is 5.00. The van der Waals surface area contributed by atoms with Crippen molar-refractivity contribution in [1.29, 1.82) is 0 Å². The zero-order valence-electron chi connectivity index (χ0n) is 14.2. The molecule has 2 N–H and O–H groups in total. The number of carbonyl (C=O) groups excluding carboxylic acids is 1. The van der Waals surface area contributed by atoms with Gasteiger partial charge in [-0.25, -0.2) is 0 Å². The molecule has 3 atom stereocenters. The molecule has 1 aliphatic rings. The largest absolute Gasteiger partial charge is 0.497 e. The van der Waals surface area contributed by atoms with Crippen LogP contribution in [0.1, 0.15) is 43.0 Å². The van der Waals surface area contributed by atoms with E-state index in [2.05, 4.69) is 10.3 Å². The number of methoxy groups -OCH3 is 1. The van der Waals surface area contributed by atoms with Crippen LogP contribution in [0, 0.1) is 5.92 Å². The lowest BCUT2D eigenvalue weighted by Gasteiger charge is -2.31. The summed E-state index contributed by atoms with van der Waals surface area (Å²) in [6, 6.07) is 7.59. The maximum absolute atomic E-state index is 12.5. The predicted molar refractivity (Wildman–Crippen MR) is 93.2 cm³/mol. The van der Waals surface area contributed by atoms with Crippen molar-refractivity contribution in [3.8, 4) is 5.75 Å². The average molecular weight is 328 g/mol. The second-order valence-electron chi connectivity index (χ2n) is 6.62. The van der Waals surface area contributed by atoms with Crippen molar-refractivity contribution in [3.05, 3.63) is 36.0 Å². The standard InChI is InChI=1S/C19H24N2O3/c1-12(22)13-4-3-5-16(9-13)21-19(23)15-8-14-6-7-17(24-2)10-18(14)20-11-15/h6-8,10-13,16,22H,3-5,9H2,1-2H3,(H,21,23)/t12?,13?,16-/m0/s1. The van der Waals surface area contributed by atoms with E-state index in [4.69, 9.17) is 4.74 Å². The van der Waals surface area contributed by atoms with Crippen LogP contribution in [-0.4, -0.2) is 35.3 Å². The Morgan fingerprint density at radius 1 is 1.38 bits per heavy atom. The van der Waals surface area contributed by atoms with E-state index in [9.17, 15) is 9.90 Å². The topological polar surface area (TPSA) is 71.5 Å². The molecule has 5 heteroatoms. The molecule has 5 nitrogen and oxygen atoms in total. The zero-order valence-corrected chi connectivity index (χ0v) is 14.2. The van der Waals surface area contributed by atoms with Gasteiger partial charge in [0.25, 0.3) is 5.91 Å². The lowest BCUT2D eigenvalue weighted by molar-refractivity contribution is 0.0791. The number of aromatic nitrogens is 1. The fourth-order valence-electron chi connectivity index (χ4n) is 3.42. The average Bonchev–Trinajstić information content (AvgIpc) is 2.61. The maximum Gasteiger partial charge on any atom is 0.253 e. The van der Waals surface area contributed by atoms with E-state index in [0.717, 1.165) is 42.3 Å². The molecule has 0 spiro atoms. The summed E-state index contributed by atoms with van der Waals surface area (Å²) in [5.41, 5.74) is 1.37. The van der Waals surface area contributed by atoms with Crippen LogP contribution in [0.2, 0.25) is 0 Å². The van der Waals surface area contributed by atoms with Gasteiger partial charge in [-0.15, -0.1) is 0 Å². The fraction of sp³-hybridized carbons (Fsp3) is 0.474. The smallest absolute Gasteiger partial charge is 0.253 e. The number of carbonyl (C=O) groups is 1. The second-order valence-corrected chi connectivity index (χ2v) is 6.62. The van der Waals surface area contributed by atoms with E-state index in [0.29, 0.717) is 5.56 Å². The number of amides is 1. The Hall–Kier alpha value is -2.14. The van der Waals surface area contributed by atoms with Crippen LogP contribution in [0.3, 0.4) is 0 Å². The number of hydrogen-bond donors (Lipinski definition) is 2. The third-order valence-electron chi connectivity index (χ3n) is 4.89. The molecule has 2 aromatic rings. The van der Waals surface area contributed by atoms with Crippen LogP contribution < -0.4 is 10.1 Å². The molecular formula is C19H24N2O3. The Morgan fingerprint density at radius 3 is 2.96 bits per heavy atom. The van der Waals surface area contributed by atoms with E-state index >= 15 is 0 Å². The van der Waals surface area contributed by atoms with Crippen LogP contribution in [0.5, 0.6) is 5.75 Å². The van der Waals surface area contributed by atoms with Crippen molar-refractivity contribution in [1.82, 2.24) is 10.3 Å². The van der Waals surface area contributed by atoms with Crippen LogP contribution in [0.15, 0.2) is 30.5 Å². The van der Waals surface area contributed by atoms with Gasteiger partial charge < -0.3 is 15.2 Å². The van der Waals surface area contributed by atoms with Crippen LogP contribution >= 0.6 is 0 Å². The first kappa shape index (κ1) is 16.7. The lowest BCUT2D eigenvalue weighted by Crippen LogP contribution is -2.40. The molecule has 1 heterocycles. The molecule has 1 aromatic heterocycles. The molecular weight excluding hydrogens is 304 g/mol. The molecule has 2 unspecified atom stereocenters. The quantitative estimate of drug-likeness (QED) is 0.905. The molecule has 0 bridgehead atoms. The minimum atomic E-state index is -0.318. The number of fused-ring (bicyclic) bond motifs is 1. The molecule has 1 aliphatic carbocycles. The van der Waals surface area contributed by atoms with Gasteiger partial charge in [-0.3, -0.25) is 9.78 Å². The molecule has 128 valence electrons. The summed E-state index contributed by atoms with van der Waals surface area (Å²) >= 11 is 0. The van der Waals surface area contributed by atoms with Crippen molar-refractivity contribution < 1.29 is 14.6 Å². The summed E-state index contributed by atoms with van der Waals surface area (Å²) in [6.45, 7) is 1.83. The van der Waals surface area contributed by atoms with Gasteiger partial charge >= 0.3 is 0 Å². The van der Waals surface area contributed by atoms with Crippen molar-refractivity contribution >= 4 is 16.8 Å². The van der Waals surface area contributed by atoms with Crippen molar-refractivity contribution in [3.63, 3.8) is 0 Å². The summed E-state index contributed by atoms with van der Waals surface area (Å²) in [4.78, 5) is 16.9. The summed E-state index contributed by atoms with van der Waals surface area (Å²) < 4.78 is 5.19. The minimum absolute atomic E-state index is 0.100. The maximum atomic E-state index is 12.5. The highest BCUT2D eigenvalue weighted by Gasteiger charge is 2.26. The van der Waals surface area contributed by atoms with Crippen LogP contribution in [-0.2, 0) is 0 Å². The Balaban J connectivity index is 1.71. The van der Waals surface area contributed by atoms with E-state index in [1.165, 1.54) is 0 Å². The van der Waals surface area contributed by atoms with Gasteiger partial charge in [0.1, 0.15) is 5.75 Å². The molecule has 1 saturated carbocycles.